The molecule has 182 valence electrons. The molecule has 2 aliphatic rings. The van der Waals surface area contributed by atoms with Crippen molar-refractivity contribution in [3.8, 4) is 45.0 Å². The number of fused-ring (bicyclic) bond motifs is 5. The minimum absolute atomic E-state index is 0.0167. The monoisotopic (exact) mass is 489 g/mol. The van der Waals surface area contributed by atoms with Crippen molar-refractivity contribution in [1.29, 1.82) is 0 Å². The van der Waals surface area contributed by atoms with Gasteiger partial charge in [0.05, 0.1) is 18.0 Å². The predicted molar refractivity (Wildman–Crippen MR) is 154 cm³/mol. The molecule has 1 heterocycles. The summed E-state index contributed by atoms with van der Waals surface area (Å²) >= 11 is 0. The first-order chi connectivity index (χ1) is 18.8. The molecule has 1 aromatic heterocycles. The van der Waals surface area contributed by atoms with Gasteiger partial charge in [0, 0.05) is 22.1 Å². The van der Waals surface area contributed by atoms with Gasteiger partial charge in [0.15, 0.2) is 11.5 Å². The van der Waals surface area contributed by atoms with Crippen LogP contribution in [-0.4, -0.2) is 9.97 Å². The zero-order valence-electron chi connectivity index (χ0n) is 21.2. The highest BCUT2D eigenvalue weighted by Crippen LogP contribution is 2.60. The first-order valence-corrected chi connectivity index (χ1v) is 13.4. The molecular formula is C35H27N3. The minimum Gasteiger partial charge on any atom is -0.238 e. The molecule has 7 rings (SSSR count). The van der Waals surface area contributed by atoms with E-state index in [0.717, 1.165) is 52.2 Å². The van der Waals surface area contributed by atoms with E-state index in [1.807, 2.05) is 42.5 Å². The number of hydrogen-bond acceptors (Lipinski definition) is 2. The zero-order chi connectivity index (χ0) is 25.5. The van der Waals surface area contributed by atoms with Gasteiger partial charge in [-0.25, -0.2) is 14.8 Å². The second kappa shape index (κ2) is 9.08. The van der Waals surface area contributed by atoms with E-state index in [2.05, 4.69) is 65.5 Å². The topological polar surface area (TPSA) is 30.1 Å². The summed E-state index contributed by atoms with van der Waals surface area (Å²) in [7, 11) is 0. The molecule has 0 amide bonds. The molecule has 0 atom stereocenters. The Labute approximate surface area is 223 Å². The van der Waals surface area contributed by atoms with Gasteiger partial charge in [-0.1, -0.05) is 116 Å². The lowest BCUT2D eigenvalue weighted by Crippen LogP contribution is -2.27. The molecule has 1 spiro atoms. The van der Waals surface area contributed by atoms with E-state index < -0.39 is 0 Å². The molecule has 0 saturated heterocycles. The Hall–Kier alpha value is -4.55. The minimum atomic E-state index is -0.0167. The Kier molecular flexibility index (Phi) is 5.41. The summed E-state index contributed by atoms with van der Waals surface area (Å²) in [5, 5.41) is 0. The van der Waals surface area contributed by atoms with Gasteiger partial charge < -0.3 is 0 Å². The van der Waals surface area contributed by atoms with Crippen molar-refractivity contribution in [2.45, 2.75) is 37.5 Å². The second-order valence-corrected chi connectivity index (χ2v) is 10.4. The maximum atomic E-state index is 8.02. The number of hydrogen-bond donors (Lipinski definition) is 0. The first kappa shape index (κ1) is 22.6. The molecule has 5 aromatic rings. The summed E-state index contributed by atoms with van der Waals surface area (Å²) in [6.45, 7) is 8.02. The standard InChI is InChI=1S/C35H27N3/c1-36-29-20-12-19-28-33(29)32-26(17-11-18-27(32)35(28)21-9-4-10-22-35)31-23-30(24-13-5-2-6-14-24)37-34(38-31)25-15-7-3-8-16-25/h2-3,5-8,11-20,23H,4,9-10,21-22H2. The average molecular weight is 490 g/mol. The summed E-state index contributed by atoms with van der Waals surface area (Å²) in [5.41, 5.74) is 10.6. The maximum absolute atomic E-state index is 8.02. The van der Waals surface area contributed by atoms with E-state index in [1.54, 1.807) is 0 Å². The normalized spacial score (nSPS) is 15.0. The second-order valence-electron chi connectivity index (χ2n) is 10.4. The quantitative estimate of drug-likeness (QED) is 0.236. The van der Waals surface area contributed by atoms with Crippen LogP contribution in [0.25, 0.3) is 49.9 Å². The van der Waals surface area contributed by atoms with Gasteiger partial charge in [-0.3, -0.25) is 0 Å². The van der Waals surface area contributed by atoms with Crippen LogP contribution in [0, 0.1) is 6.57 Å². The SMILES string of the molecule is [C-]#[N+]c1cccc2c1-c1c(-c3cc(-c4ccccc4)nc(-c4ccccc4)n3)cccc1C21CCCCC1. The van der Waals surface area contributed by atoms with E-state index in [9.17, 15) is 0 Å². The zero-order valence-corrected chi connectivity index (χ0v) is 21.2. The van der Waals surface area contributed by atoms with Crippen molar-refractivity contribution in [3.63, 3.8) is 0 Å². The summed E-state index contributed by atoms with van der Waals surface area (Å²) in [4.78, 5) is 14.1. The number of nitrogens with zero attached hydrogens (tertiary/aromatic N) is 3. The van der Waals surface area contributed by atoms with Crippen LogP contribution in [0.2, 0.25) is 0 Å². The van der Waals surface area contributed by atoms with E-state index in [4.69, 9.17) is 16.5 Å². The molecule has 3 nitrogen and oxygen atoms in total. The Bertz CT molecular complexity index is 1630. The smallest absolute Gasteiger partial charge is 0.195 e. The fourth-order valence-electron chi connectivity index (χ4n) is 6.63. The van der Waals surface area contributed by atoms with Crippen molar-refractivity contribution in [3.05, 3.63) is 126 Å². The average Bonchev–Trinajstić information content (AvgIpc) is 3.27. The summed E-state index contributed by atoms with van der Waals surface area (Å²) < 4.78 is 0. The predicted octanol–water partition coefficient (Wildman–Crippen LogP) is 9.26. The van der Waals surface area contributed by atoms with Crippen molar-refractivity contribution in [1.82, 2.24) is 9.97 Å². The molecule has 0 N–H and O–H groups in total. The third-order valence-electron chi connectivity index (χ3n) is 8.32. The van der Waals surface area contributed by atoms with Gasteiger partial charge in [-0.15, -0.1) is 0 Å². The van der Waals surface area contributed by atoms with Crippen LogP contribution in [0.15, 0.2) is 103 Å². The van der Waals surface area contributed by atoms with Gasteiger partial charge in [0.25, 0.3) is 0 Å². The lowest BCUT2D eigenvalue weighted by Gasteiger charge is -2.36. The van der Waals surface area contributed by atoms with Gasteiger partial charge in [-0.2, -0.15) is 0 Å². The molecule has 2 aliphatic carbocycles. The van der Waals surface area contributed by atoms with Crippen molar-refractivity contribution in [2.24, 2.45) is 0 Å². The molecule has 1 fully saturated rings. The van der Waals surface area contributed by atoms with Crippen LogP contribution in [0.5, 0.6) is 0 Å². The highest BCUT2D eigenvalue weighted by atomic mass is 14.9. The van der Waals surface area contributed by atoms with Crippen LogP contribution < -0.4 is 0 Å². The molecule has 4 aromatic carbocycles. The number of aromatic nitrogens is 2. The van der Waals surface area contributed by atoms with Crippen molar-refractivity contribution >= 4 is 5.69 Å². The fourth-order valence-corrected chi connectivity index (χ4v) is 6.63. The molecule has 38 heavy (non-hydrogen) atoms. The van der Waals surface area contributed by atoms with Crippen LogP contribution >= 0.6 is 0 Å². The highest BCUT2D eigenvalue weighted by Gasteiger charge is 2.45. The van der Waals surface area contributed by atoms with Gasteiger partial charge in [-0.05, 0) is 41.2 Å². The van der Waals surface area contributed by atoms with Crippen molar-refractivity contribution < 1.29 is 0 Å². The highest BCUT2D eigenvalue weighted by molar-refractivity contribution is 5.98. The maximum Gasteiger partial charge on any atom is 0.195 e. The summed E-state index contributed by atoms with van der Waals surface area (Å²) in [6.07, 6.45) is 5.98. The number of rotatable bonds is 3. The Morgan fingerprint density at radius 2 is 1.24 bits per heavy atom. The molecular weight excluding hydrogens is 462 g/mol. The van der Waals surface area contributed by atoms with E-state index >= 15 is 0 Å². The first-order valence-electron chi connectivity index (χ1n) is 13.4. The summed E-state index contributed by atoms with van der Waals surface area (Å²) in [6, 6.07) is 35.6. The van der Waals surface area contributed by atoms with Gasteiger partial charge >= 0.3 is 0 Å². The molecule has 0 bridgehead atoms. The lowest BCUT2D eigenvalue weighted by molar-refractivity contribution is 0.353. The molecule has 3 heteroatoms. The van der Waals surface area contributed by atoms with Crippen LogP contribution in [0.1, 0.15) is 43.2 Å². The molecule has 1 saturated carbocycles. The Balaban J connectivity index is 1.52. The largest absolute Gasteiger partial charge is 0.238 e. The van der Waals surface area contributed by atoms with Crippen LogP contribution in [0.4, 0.5) is 5.69 Å². The fraction of sp³-hybridized carbons (Fsp3) is 0.171. The van der Waals surface area contributed by atoms with Crippen molar-refractivity contribution in [2.75, 3.05) is 0 Å². The lowest BCUT2D eigenvalue weighted by atomic mass is 9.67. The van der Waals surface area contributed by atoms with Gasteiger partial charge in [0.2, 0.25) is 0 Å². The van der Waals surface area contributed by atoms with Crippen LogP contribution in [0.3, 0.4) is 0 Å². The number of benzene rings is 4. The Morgan fingerprint density at radius 1 is 0.605 bits per heavy atom. The van der Waals surface area contributed by atoms with Gasteiger partial charge in [0.1, 0.15) is 0 Å². The summed E-state index contributed by atoms with van der Waals surface area (Å²) in [5.74, 6) is 0.712. The van der Waals surface area contributed by atoms with E-state index in [1.165, 1.54) is 36.0 Å². The third-order valence-corrected chi connectivity index (χ3v) is 8.32. The third kappa shape index (κ3) is 3.49. The molecule has 0 aliphatic heterocycles. The van der Waals surface area contributed by atoms with E-state index in [-0.39, 0.29) is 5.41 Å². The molecule has 0 radical (unpaired) electrons. The van der Waals surface area contributed by atoms with Crippen LogP contribution in [-0.2, 0) is 5.41 Å². The Morgan fingerprint density at radius 3 is 1.95 bits per heavy atom. The molecule has 0 unspecified atom stereocenters. The van der Waals surface area contributed by atoms with E-state index in [0.29, 0.717) is 5.82 Å².